The van der Waals surface area contributed by atoms with E-state index in [1.165, 1.54) is 11.8 Å². The summed E-state index contributed by atoms with van der Waals surface area (Å²) in [6.07, 6.45) is 1.61. The highest BCUT2D eigenvalue weighted by molar-refractivity contribution is 8.00. The molecule has 0 saturated heterocycles. The Morgan fingerprint density at radius 3 is 2.65 bits per heavy atom. The summed E-state index contributed by atoms with van der Waals surface area (Å²) in [5.74, 6) is 0.493. The summed E-state index contributed by atoms with van der Waals surface area (Å²) >= 11 is 7.46. The van der Waals surface area contributed by atoms with Crippen molar-refractivity contribution in [3.8, 4) is 11.4 Å². The second-order valence-electron chi connectivity index (χ2n) is 6.59. The summed E-state index contributed by atoms with van der Waals surface area (Å²) in [6, 6.07) is 24.2. The molecule has 4 rings (SSSR count). The molecular formula is C23H19ClN4O2S. The first-order valence-electron chi connectivity index (χ1n) is 9.46. The van der Waals surface area contributed by atoms with Crippen molar-refractivity contribution in [1.82, 2.24) is 14.8 Å². The van der Waals surface area contributed by atoms with Gasteiger partial charge in [-0.3, -0.25) is 9.36 Å². The number of hydrogen-bond acceptors (Lipinski definition) is 5. The van der Waals surface area contributed by atoms with Crippen LogP contribution in [0.15, 0.2) is 90.3 Å². The van der Waals surface area contributed by atoms with Crippen LogP contribution in [0.4, 0.5) is 5.69 Å². The van der Waals surface area contributed by atoms with Crippen LogP contribution in [0.2, 0.25) is 5.02 Å². The normalized spacial score (nSPS) is 11.7. The Hall–Kier alpha value is -3.29. The van der Waals surface area contributed by atoms with Crippen LogP contribution in [0, 0.1) is 0 Å². The van der Waals surface area contributed by atoms with Crippen molar-refractivity contribution in [3.63, 3.8) is 0 Å². The van der Waals surface area contributed by atoms with Crippen LogP contribution in [-0.4, -0.2) is 27.8 Å². The van der Waals surface area contributed by atoms with Gasteiger partial charge in [-0.15, -0.1) is 10.2 Å². The van der Waals surface area contributed by atoms with Gasteiger partial charge in [0.25, 0.3) is 0 Å². The Morgan fingerprint density at radius 2 is 1.87 bits per heavy atom. The number of methoxy groups -OCH3 is 1. The van der Waals surface area contributed by atoms with Crippen LogP contribution in [-0.2, 0) is 4.79 Å². The smallest absolute Gasteiger partial charge is 0.242 e. The number of rotatable bonds is 7. The average Bonchev–Trinajstić information content (AvgIpc) is 3.26. The molecule has 1 unspecified atom stereocenters. The Labute approximate surface area is 189 Å². The monoisotopic (exact) mass is 450 g/mol. The number of anilines is 1. The van der Waals surface area contributed by atoms with E-state index in [0.29, 0.717) is 21.6 Å². The van der Waals surface area contributed by atoms with Crippen molar-refractivity contribution in [3.05, 3.63) is 95.8 Å². The van der Waals surface area contributed by atoms with Gasteiger partial charge in [0.2, 0.25) is 5.91 Å². The Kier molecular flexibility index (Phi) is 6.54. The summed E-state index contributed by atoms with van der Waals surface area (Å²) in [6.45, 7) is 0. The fourth-order valence-corrected chi connectivity index (χ4v) is 4.24. The van der Waals surface area contributed by atoms with Gasteiger partial charge in [0.1, 0.15) is 17.3 Å². The number of aromatic nitrogens is 3. The molecule has 8 heteroatoms. The van der Waals surface area contributed by atoms with Crippen molar-refractivity contribution in [2.24, 2.45) is 0 Å². The lowest BCUT2D eigenvalue weighted by Crippen LogP contribution is -2.19. The Bertz CT molecular complexity index is 1180. The number of halogens is 1. The minimum absolute atomic E-state index is 0.176. The molecule has 0 bridgehead atoms. The average molecular weight is 451 g/mol. The predicted octanol–water partition coefficient (Wildman–Crippen LogP) is 5.40. The number of ether oxygens (including phenoxy) is 1. The molecule has 6 nitrogen and oxygen atoms in total. The summed E-state index contributed by atoms with van der Waals surface area (Å²) in [7, 11) is 1.59. The number of benzene rings is 3. The predicted molar refractivity (Wildman–Crippen MR) is 123 cm³/mol. The van der Waals surface area contributed by atoms with Gasteiger partial charge in [0, 0.05) is 16.8 Å². The molecule has 1 N–H and O–H groups in total. The SMILES string of the molecule is COc1cccc(NC(=O)C(Sc2nncn2-c2cccc(Cl)c2)c2ccccc2)c1. The van der Waals surface area contributed by atoms with E-state index in [4.69, 9.17) is 16.3 Å². The Balaban J connectivity index is 1.64. The Morgan fingerprint density at radius 1 is 1.06 bits per heavy atom. The van der Waals surface area contributed by atoms with Crippen LogP contribution in [0.3, 0.4) is 0 Å². The summed E-state index contributed by atoms with van der Waals surface area (Å²) in [5, 5.41) is 11.9. The first kappa shape index (κ1) is 21.0. The maximum absolute atomic E-state index is 13.3. The number of hydrogen-bond donors (Lipinski definition) is 1. The van der Waals surface area contributed by atoms with E-state index in [-0.39, 0.29) is 5.91 Å². The molecular weight excluding hydrogens is 432 g/mol. The molecule has 0 fully saturated rings. The first-order valence-corrected chi connectivity index (χ1v) is 10.7. The number of nitrogens with one attached hydrogen (secondary N) is 1. The molecule has 156 valence electrons. The highest BCUT2D eigenvalue weighted by Gasteiger charge is 2.25. The lowest BCUT2D eigenvalue weighted by molar-refractivity contribution is -0.115. The third kappa shape index (κ3) is 5.07. The van der Waals surface area contributed by atoms with E-state index in [2.05, 4.69) is 15.5 Å². The van der Waals surface area contributed by atoms with Crippen LogP contribution in [0.5, 0.6) is 5.75 Å². The zero-order chi connectivity index (χ0) is 21.6. The summed E-state index contributed by atoms with van der Waals surface area (Å²) < 4.78 is 7.06. The van der Waals surface area contributed by atoms with E-state index in [1.54, 1.807) is 25.6 Å². The molecule has 1 heterocycles. The number of carbonyl (C=O) groups is 1. The molecule has 31 heavy (non-hydrogen) atoms. The highest BCUT2D eigenvalue weighted by atomic mass is 35.5. The highest BCUT2D eigenvalue weighted by Crippen LogP contribution is 2.36. The van der Waals surface area contributed by atoms with Crippen molar-refractivity contribution in [2.45, 2.75) is 10.4 Å². The van der Waals surface area contributed by atoms with E-state index in [0.717, 1.165) is 11.3 Å². The fraction of sp³-hybridized carbons (Fsp3) is 0.0870. The van der Waals surface area contributed by atoms with Crippen molar-refractivity contribution in [2.75, 3.05) is 12.4 Å². The van der Waals surface area contributed by atoms with E-state index < -0.39 is 5.25 Å². The van der Waals surface area contributed by atoms with Gasteiger partial charge in [-0.2, -0.15) is 0 Å². The lowest BCUT2D eigenvalue weighted by Gasteiger charge is -2.17. The van der Waals surface area contributed by atoms with Gasteiger partial charge in [0.05, 0.1) is 12.8 Å². The largest absolute Gasteiger partial charge is 0.497 e. The molecule has 0 spiro atoms. The number of amides is 1. The maximum atomic E-state index is 13.3. The maximum Gasteiger partial charge on any atom is 0.242 e. The molecule has 0 aliphatic carbocycles. The minimum Gasteiger partial charge on any atom is -0.497 e. The molecule has 0 aliphatic heterocycles. The van der Waals surface area contributed by atoms with Crippen LogP contribution in [0.1, 0.15) is 10.8 Å². The standard InChI is InChI=1S/C23H19ClN4O2S/c1-30-20-12-6-10-18(14-20)26-22(29)21(16-7-3-2-4-8-16)31-23-27-25-15-28(23)19-11-5-9-17(24)13-19/h2-15,21H,1H3,(H,26,29). The first-order chi connectivity index (χ1) is 15.1. The van der Waals surface area contributed by atoms with Gasteiger partial charge in [0.15, 0.2) is 5.16 Å². The summed E-state index contributed by atoms with van der Waals surface area (Å²) in [4.78, 5) is 13.3. The molecule has 3 aromatic carbocycles. The van der Waals surface area contributed by atoms with Gasteiger partial charge >= 0.3 is 0 Å². The molecule has 1 amide bonds. The number of thioether (sulfide) groups is 1. The molecule has 1 aromatic heterocycles. The number of nitrogens with zero attached hydrogens (tertiary/aromatic N) is 3. The van der Waals surface area contributed by atoms with Gasteiger partial charge in [-0.25, -0.2) is 0 Å². The van der Waals surface area contributed by atoms with Crippen molar-refractivity contribution < 1.29 is 9.53 Å². The molecule has 0 radical (unpaired) electrons. The quantitative estimate of drug-likeness (QED) is 0.382. The van der Waals surface area contributed by atoms with Crippen molar-refractivity contribution in [1.29, 1.82) is 0 Å². The zero-order valence-corrected chi connectivity index (χ0v) is 18.2. The number of carbonyl (C=O) groups excluding carboxylic acids is 1. The third-order valence-electron chi connectivity index (χ3n) is 4.50. The minimum atomic E-state index is -0.547. The fourth-order valence-electron chi connectivity index (χ4n) is 3.02. The zero-order valence-electron chi connectivity index (χ0n) is 16.6. The van der Waals surface area contributed by atoms with E-state index in [1.807, 2.05) is 71.3 Å². The van der Waals surface area contributed by atoms with Crippen LogP contribution in [0.25, 0.3) is 5.69 Å². The molecule has 4 aromatic rings. The van der Waals surface area contributed by atoms with Gasteiger partial charge in [-0.05, 0) is 35.9 Å². The van der Waals surface area contributed by atoms with E-state index in [9.17, 15) is 4.79 Å². The molecule has 0 saturated carbocycles. The second-order valence-corrected chi connectivity index (χ2v) is 8.10. The van der Waals surface area contributed by atoms with Crippen molar-refractivity contribution >= 4 is 35.0 Å². The van der Waals surface area contributed by atoms with Crippen LogP contribution >= 0.6 is 23.4 Å². The topological polar surface area (TPSA) is 69.0 Å². The lowest BCUT2D eigenvalue weighted by atomic mass is 10.1. The third-order valence-corrected chi connectivity index (χ3v) is 5.95. The molecule has 0 aliphatic rings. The summed E-state index contributed by atoms with van der Waals surface area (Å²) in [5.41, 5.74) is 2.33. The van der Waals surface area contributed by atoms with Gasteiger partial charge < -0.3 is 10.1 Å². The second kappa shape index (κ2) is 9.68. The molecule has 1 atom stereocenters. The van der Waals surface area contributed by atoms with Gasteiger partial charge in [-0.1, -0.05) is 65.8 Å². The van der Waals surface area contributed by atoms with Crippen LogP contribution < -0.4 is 10.1 Å². The van der Waals surface area contributed by atoms with E-state index >= 15 is 0 Å².